The molecule has 0 aliphatic carbocycles. The highest BCUT2D eigenvalue weighted by Crippen LogP contribution is 2.12. The fraction of sp³-hybridized carbons (Fsp3) is 0.286. The Kier molecular flexibility index (Phi) is 4.56. The van der Waals surface area contributed by atoms with Crippen molar-refractivity contribution in [2.24, 2.45) is 7.05 Å². The minimum Gasteiger partial charge on any atom is -0.543 e. The Hall–Kier alpha value is -3.45. The van der Waals surface area contributed by atoms with E-state index in [2.05, 4.69) is 20.5 Å². The number of carboxylic acid groups (broad SMARTS) is 1. The standard InChI is InChI=1S/C4H7N3.C3HN5O6/c1-4-6-5-3-7(4)2;9-3(10)1-2(7(11)12)4-5-6(1)8(13)14/h3H,1-2H3;(H,9,10). The molecule has 0 amide bonds. The molecule has 0 fully saturated rings. The average molecular weight is 300 g/mol. The van der Waals surface area contributed by atoms with Crippen LogP contribution in [0.15, 0.2) is 6.33 Å². The summed E-state index contributed by atoms with van der Waals surface area (Å²) in [6.45, 7) is 1.97. The molecule has 0 saturated heterocycles. The Balaban J connectivity index is 0.000000262. The van der Waals surface area contributed by atoms with Crippen LogP contribution in [-0.2, 0) is 7.05 Å². The molecule has 14 heteroatoms. The van der Waals surface area contributed by atoms with E-state index in [-0.39, 0.29) is 4.79 Å². The van der Waals surface area contributed by atoms with Gasteiger partial charge >= 0.3 is 11.0 Å². The Morgan fingerprint density at radius 3 is 2.33 bits per heavy atom. The monoisotopic (exact) mass is 300 g/mol. The van der Waals surface area contributed by atoms with Gasteiger partial charge in [0.2, 0.25) is 10.9 Å². The van der Waals surface area contributed by atoms with Crippen molar-refractivity contribution in [1.82, 2.24) is 25.3 Å². The fourth-order valence-corrected chi connectivity index (χ4v) is 1.05. The van der Waals surface area contributed by atoms with Gasteiger partial charge in [-0.3, -0.25) is 0 Å². The maximum absolute atomic E-state index is 10.3. The fourth-order valence-electron chi connectivity index (χ4n) is 1.05. The maximum atomic E-state index is 10.3. The molecule has 0 saturated carbocycles. The van der Waals surface area contributed by atoms with E-state index >= 15 is 0 Å². The maximum Gasteiger partial charge on any atom is 0.453 e. The third kappa shape index (κ3) is 3.52. The number of nitrogens with one attached hydrogen (secondary N) is 1. The number of hydrogen-bond acceptors (Lipinski definition) is 9. The quantitative estimate of drug-likeness (QED) is 0.352. The Labute approximate surface area is 114 Å². The molecule has 1 N–H and O–H groups in total. The third-order valence-electron chi connectivity index (χ3n) is 2.14. The topological polar surface area (TPSA) is 190 Å². The number of carboxylic acids is 1. The lowest BCUT2D eigenvalue weighted by Crippen LogP contribution is -2.29. The molecule has 14 nitrogen and oxygen atoms in total. The number of hydrogen-bond donors (Lipinski definition) is 1. The van der Waals surface area contributed by atoms with Crippen molar-refractivity contribution >= 4 is 11.8 Å². The summed E-state index contributed by atoms with van der Waals surface area (Å²) in [5.41, 5.74) is -1.31. The molecule has 0 aromatic carbocycles. The van der Waals surface area contributed by atoms with Gasteiger partial charge in [-0.2, -0.15) is 0 Å². The summed E-state index contributed by atoms with van der Waals surface area (Å²) in [5, 5.41) is 41.2. The predicted molar refractivity (Wildman–Crippen MR) is 57.9 cm³/mol. The van der Waals surface area contributed by atoms with Crippen LogP contribution in [0.3, 0.4) is 0 Å². The lowest BCUT2D eigenvalue weighted by Gasteiger charge is -1.97. The normalized spacial score (nSPS) is 9.62. The molecule has 21 heavy (non-hydrogen) atoms. The molecule has 0 spiro atoms. The van der Waals surface area contributed by atoms with E-state index in [1.54, 1.807) is 6.33 Å². The molecule has 0 aliphatic heterocycles. The number of aromatic nitrogens is 6. The van der Waals surface area contributed by atoms with Gasteiger partial charge in [-0.1, -0.05) is 0 Å². The third-order valence-corrected chi connectivity index (χ3v) is 2.14. The zero-order valence-electron chi connectivity index (χ0n) is 10.7. The van der Waals surface area contributed by atoms with Gasteiger partial charge in [0.05, 0.1) is 16.9 Å². The summed E-state index contributed by atoms with van der Waals surface area (Å²) in [5.74, 6) is -2.26. The van der Waals surface area contributed by atoms with Gasteiger partial charge in [0, 0.05) is 12.0 Å². The second-order valence-electron chi connectivity index (χ2n) is 3.49. The molecular weight excluding hydrogens is 292 g/mol. The van der Waals surface area contributed by atoms with Gasteiger partial charge in [-0.05, 0) is 4.92 Å². The van der Waals surface area contributed by atoms with Gasteiger partial charge in [0.15, 0.2) is 0 Å². The Morgan fingerprint density at radius 2 is 2.05 bits per heavy atom. The molecule has 0 aliphatic rings. The zero-order valence-corrected chi connectivity index (χ0v) is 10.7. The summed E-state index contributed by atoms with van der Waals surface area (Å²) in [7, 11) is 1.94. The predicted octanol–water partition coefficient (Wildman–Crippen LogP) is -2.87. The molecule has 0 atom stereocenters. The first kappa shape index (κ1) is 15.6. The van der Waals surface area contributed by atoms with E-state index < -0.39 is 27.4 Å². The molecule has 112 valence electrons. The van der Waals surface area contributed by atoms with Crippen molar-refractivity contribution in [2.45, 2.75) is 6.92 Å². The van der Waals surface area contributed by atoms with Gasteiger partial charge < -0.3 is 30.1 Å². The van der Waals surface area contributed by atoms with Crippen LogP contribution in [0.1, 0.15) is 16.3 Å². The molecule has 2 aromatic rings. The van der Waals surface area contributed by atoms with Gasteiger partial charge in [-0.15, -0.1) is 5.10 Å². The molecule has 2 aromatic heterocycles. The Bertz CT molecular complexity index is 641. The summed E-state index contributed by atoms with van der Waals surface area (Å²) >= 11 is 0. The SMILES string of the molecule is Cc1[nH]nc[n+]1C.O=C([O-])c1c([N+](=O)[O-])nnn1[N+](=O)[O-]. The average Bonchev–Trinajstić information content (AvgIpc) is 2.97. The first-order valence-electron chi connectivity index (χ1n) is 5.07. The summed E-state index contributed by atoms with van der Waals surface area (Å²) in [4.78, 5) is 29.0. The Morgan fingerprint density at radius 1 is 1.43 bits per heavy atom. The van der Waals surface area contributed by atoms with E-state index in [4.69, 9.17) is 0 Å². The van der Waals surface area contributed by atoms with Crippen LogP contribution >= 0.6 is 0 Å². The number of carbonyl (C=O) groups is 1. The van der Waals surface area contributed by atoms with E-state index in [0.717, 1.165) is 5.82 Å². The van der Waals surface area contributed by atoms with E-state index in [1.165, 1.54) is 0 Å². The number of aromatic carboxylic acids is 1. The van der Waals surface area contributed by atoms with Crippen LogP contribution in [0.5, 0.6) is 0 Å². The minimum absolute atomic E-state index is 0.340. The number of rotatable bonds is 3. The van der Waals surface area contributed by atoms with Crippen molar-refractivity contribution in [1.29, 1.82) is 0 Å². The van der Waals surface area contributed by atoms with Crippen molar-refractivity contribution in [3.05, 3.63) is 38.1 Å². The summed E-state index contributed by atoms with van der Waals surface area (Å²) in [6, 6.07) is 0. The lowest BCUT2D eigenvalue weighted by atomic mass is 10.4. The summed E-state index contributed by atoms with van der Waals surface area (Å²) < 4.78 is 1.92. The van der Waals surface area contributed by atoms with Crippen LogP contribution in [0.25, 0.3) is 0 Å². The second kappa shape index (κ2) is 6.13. The van der Waals surface area contributed by atoms with Gasteiger partial charge in [0.25, 0.3) is 12.0 Å². The first-order chi connectivity index (χ1) is 9.75. The second-order valence-corrected chi connectivity index (χ2v) is 3.49. The van der Waals surface area contributed by atoms with E-state index in [0.29, 0.717) is 0 Å². The molecule has 0 bridgehead atoms. The van der Waals surface area contributed by atoms with Gasteiger partial charge in [0.1, 0.15) is 5.97 Å². The molecular formula is C7H8N8O6. The van der Waals surface area contributed by atoms with Crippen LogP contribution < -0.4 is 9.67 Å². The van der Waals surface area contributed by atoms with E-state index in [9.17, 15) is 30.1 Å². The number of carbonyl (C=O) groups excluding carboxylic acids is 1. The van der Waals surface area contributed by atoms with Crippen LogP contribution in [-0.4, -0.2) is 41.2 Å². The number of aromatic amines is 1. The highest BCUT2D eigenvalue weighted by Gasteiger charge is 2.32. The summed E-state index contributed by atoms with van der Waals surface area (Å²) in [6.07, 6.45) is 1.73. The number of nitrogens with zero attached hydrogens (tertiary/aromatic N) is 7. The van der Waals surface area contributed by atoms with Crippen molar-refractivity contribution in [2.75, 3.05) is 0 Å². The first-order valence-corrected chi connectivity index (χ1v) is 5.07. The van der Waals surface area contributed by atoms with Crippen LogP contribution in [0.2, 0.25) is 0 Å². The smallest absolute Gasteiger partial charge is 0.453 e. The minimum atomic E-state index is -2.10. The lowest BCUT2D eigenvalue weighted by molar-refractivity contribution is -0.677. The van der Waals surface area contributed by atoms with Crippen molar-refractivity contribution in [3.63, 3.8) is 0 Å². The van der Waals surface area contributed by atoms with Gasteiger partial charge in [-0.25, -0.2) is 4.57 Å². The van der Waals surface area contributed by atoms with Crippen LogP contribution in [0.4, 0.5) is 5.82 Å². The van der Waals surface area contributed by atoms with Crippen LogP contribution in [0, 0.1) is 27.2 Å². The van der Waals surface area contributed by atoms with E-state index in [1.807, 2.05) is 18.5 Å². The number of aryl methyl sites for hydroxylation is 2. The largest absolute Gasteiger partial charge is 0.543 e. The molecule has 0 radical (unpaired) electrons. The number of nitro groups is 2. The molecule has 2 heterocycles. The zero-order chi connectivity index (χ0) is 16.2. The highest BCUT2D eigenvalue weighted by atomic mass is 16.7. The molecule has 0 unspecified atom stereocenters. The highest BCUT2D eigenvalue weighted by molar-refractivity contribution is 5.87. The van der Waals surface area contributed by atoms with Crippen molar-refractivity contribution in [3.8, 4) is 0 Å². The van der Waals surface area contributed by atoms with Crippen molar-refractivity contribution < 1.29 is 24.4 Å². The molecule has 2 rings (SSSR count). The number of H-pyrrole nitrogens is 1.